The zero-order valence-electron chi connectivity index (χ0n) is 13.4. The number of aromatic nitrogens is 1. The fourth-order valence-electron chi connectivity index (χ4n) is 2.56. The second-order valence-electron chi connectivity index (χ2n) is 5.59. The minimum atomic E-state index is -1.48. The number of aliphatic hydroxyl groups is 1. The molecule has 26 heavy (non-hydrogen) atoms. The van der Waals surface area contributed by atoms with Crippen LogP contribution in [0.15, 0.2) is 73.0 Å². The van der Waals surface area contributed by atoms with Gasteiger partial charge in [-0.05, 0) is 41.1 Å². The second-order valence-corrected chi connectivity index (χ2v) is 6.37. The Bertz CT molecular complexity index is 937. The van der Waals surface area contributed by atoms with Crippen molar-refractivity contribution in [1.29, 1.82) is 0 Å². The summed E-state index contributed by atoms with van der Waals surface area (Å²) in [5.74, 6) is 0.681. The quantitative estimate of drug-likeness (QED) is 0.540. The van der Waals surface area contributed by atoms with Gasteiger partial charge in [0, 0.05) is 11.6 Å². The van der Waals surface area contributed by atoms with Crippen molar-refractivity contribution in [1.82, 2.24) is 10.5 Å². The van der Waals surface area contributed by atoms with E-state index in [0.29, 0.717) is 22.8 Å². The lowest BCUT2D eigenvalue weighted by molar-refractivity contribution is 0.0526. The normalized spacial score (nSPS) is 13.4. The van der Waals surface area contributed by atoms with E-state index in [2.05, 4.69) is 10.5 Å². The monoisotopic (exact) mass is 370 g/mol. The number of hydrogen-bond acceptors (Lipinski definition) is 7. The van der Waals surface area contributed by atoms with Crippen LogP contribution in [0.3, 0.4) is 0 Å². The fraction of sp³-hybridized carbons (Fsp3) is 0.111. The van der Waals surface area contributed by atoms with Crippen molar-refractivity contribution in [3.8, 4) is 11.5 Å². The number of carbonyl (C=O) groups excluding carboxylic acids is 1. The third-order valence-electron chi connectivity index (χ3n) is 3.94. The van der Waals surface area contributed by atoms with Gasteiger partial charge in [0.25, 0.3) is 5.91 Å². The predicted molar refractivity (Wildman–Crippen MR) is 92.6 cm³/mol. The summed E-state index contributed by atoms with van der Waals surface area (Å²) in [7, 11) is 0. The summed E-state index contributed by atoms with van der Waals surface area (Å²) in [6.45, 7) is -0.0843. The maximum absolute atomic E-state index is 12.4. The van der Waals surface area contributed by atoms with Crippen LogP contribution >= 0.6 is 11.3 Å². The van der Waals surface area contributed by atoms with E-state index >= 15 is 0 Å². The molecule has 132 valence electrons. The van der Waals surface area contributed by atoms with Gasteiger partial charge in [-0.15, -0.1) is 0 Å². The molecule has 0 fully saturated rings. The first-order valence-electron chi connectivity index (χ1n) is 7.74. The minimum Gasteiger partial charge on any atom is -0.466 e. The summed E-state index contributed by atoms with van der Waals surface area (Å²) in [5, 5.41) is 21.2. The van der Waals surface area contributed by atoms with Crippen LogP contribution in [0, 0.1) is 0 Å². The summed E-state index contributed by atoms with van der Waals surface area (Å²) in [5.41, 5.74) is -0.759. The van der Waals surface area contributed by atoms with Crippen LogP contribution in [-0.2, 0) is 5.60 Å². The fourth-order valence-corrected chi connectivity index (χ4v) is 3.28. The van der Waals surface area contributed by atoms with E-state index in [-0.39, 0.29) is 12.2 Å². The van der Waals surface area contributed by atoms with Gasteiger partial charge in [-0.1, -0.05) is 5.16 Å². The first-order chi connectivity index (χ1) is 12.7. The molecule has 0 bridgehead atoms. The molecule has 1 atom stereocenters. The van der Waals surface area contributed by atoms with E-state index in [0.717, 1.165) is 0 Å². The molecule has 0 aromatic carbocycles. The van der Waals surface area contributed by atoms with E-state index in [1.165, 1.54) is 29.9 Å². The first kappa shape index (κ1) is 16.4. The van der Waals surface area contributed by atoms with E-state index in [9.17, 15) is 9.90 Å². The van der Waals surface area contributed by atoms with E-state index in [4.69, 9.17) is 13.4 Å². The van der Waals surface area contributed by atoms with Crippen LogP contribution in [0.1, 0.15) is 21.8 Å². The molecule has 1 unspecified atom stereocenters. The maximum Gasteiger partial charge on any atom is 0.273 e. The standard InChI is InChI=1S/C18H14N2O5S/c21-17(13-9-15(25-20-13)14-3-1-6-23-14)19-11-18(22,12-5-8-26-10-12)16-4-2-7-24-16/h1-10,22H,11H2,(H,19,21). The minimum absolute atomic E-state index is 0.0843. The molecule has 8 heteroatoms. The third-order valence-corrected chi connectivity index (χ3v) is 4.62. The van der Waals surface area contributed by atoms with Crippen molar-refractivity contribution in [3.63, 3.8) is 0 Å². The van der Waals surface area contributed by atoms with Gasteiger partial charge < -0.3 is 23.8 Å². The highest BCUT2D eigenvalue weighted by molar-refractivity contribution is 7.08. The highest BCUT2D eigenvalue weighted by atomic mass is 32.1. The number of carbonyl (C=O) groups is 1. The lowest BCUT2D eigenvalue weighted by Crippen LogP contribution is -2.41. The molecule has 2 N–H and O–H groups in total. The molecule has 4 aromatic rings. The summed E-state index contributed by atoms with van der Waals surface area (Å²) in [6, 6.07) is 10.0. The van der Waals surface area contributed by atoms with Crippen molar-refractivity contribution in [2.24, 2.45) is 0 Å². The van der Waals surface area contributed by atoms with Gasteiger partial charge in [0.05, 0.1) is 19.1 Å². The largest absolute Gasteiger partial charge is 0.466 e. The SMILES string of the molecule is O=C(NCC(O)(c1ccsc1)c1ccco1)c1cc(-c2ccco2)on1. The average Bonchev–Trinajstić information content (AvgIpc) is 3.45. The molecular weight excluding hydrogens is 356 g/mol. The predicted octanol–water partition coefficient (Wildman–Crippen LogP) is 3.26. The smallest absolute Gasteiger partial charge is 0.273 e. The zero-order chi connectivity index (χ0) is 18.0. The molecule has 7 nitrogen and oxygen atoms in total. The third kappa shape index (κ3) is 2.96. The van der Waals surface area contributed by atoms with Gasteiger partial charge in [0.15, 0.2) is 17.1 Å². The molecule has 4 heterocycles. The van der Waals surface area contributed by atoms with Crippen molar-refractivity contribution >= 4 is 17.2 Å². The Hall–Kier alpha value is -3.10. The second kappa shape index (κ2) is 6.66. The molecule has 4 rings (SSSR count). The van der Waals surface area contributed by atoms with Crippen LogP contribution in [0.2, 0.25) is 0 Å². The van der Waals surface area contributed by atoms with E-state index in [1.807, 2.05) is 5.38 Å². The number of hydrogen-bond donors (Lipinski definition) is 2. The van der Waals surface area contributed by atoms with Crippen molar-refractivity contribution in [2.45, 2.75) is 5.60 Å². The Kier molecular flexibility index (Phi) is 4.19. The topological polar surface area (TPSA) is 102 Å². The van der Waals surface area contributed by atoms with E-state index in [1.54, 1.807) is 35.7 Å². The lowest BCUT2D eigenvalue weighted by atomic mass is 9.93. The molecule has 4 aromatic heterocycles. The van der Waals surface area contributed by atoms with Gasteiger partial charge >= 0.3 is 0 Å². The van der Waals surface area contributed by atoms with Crippen LogP contribution in [0.25, 0.3) is 11.5 Å². The van der Waals surface area contributed by atoms with Crippen molar-refractivity contribution in [3.05, 3.63) is 76.7 Å². The highest BCUT2D eigenvalue weighted by Crippen LogP contribution is 2.31. The Morgan fingerprint density at radius 3 is 2.73 bits per heavy atom. The summed E-state index contributed by atoms with van der Waals surface area (Å²) < 4.78 is 15.7. The molecule has 1 amide bonds. The Balaban J connectivity index is 1.52. The molecular formula is C18H14N2O5S. The van der Waals surface area contributed by atoms with Crippen LogP contribution in [-0.4, -0.2) is 22.7 Å². The number of rotatable bonds is 6. The van der Waals surface area contributed by atoms with Gasteiger partial charge in [0.1, 0.15) is 5.76 Å². The number of furan rings is 2. The summed E-state index contributed by atoms with van der Waals surface area (Å²) in [6.07, 6.45) is 2.98. The maximum atomic E-state index is 12.4. The van der Waals surface area contributed by atoms with Gasteiger partial charge in [-0.25, -0.2) is 0 Å². The molecule has 0 aliphatic rings. The molecule has 0 aliphatic carbocycles. The molecule has 0 spiro atoms. The van der Waals surface area contributed by atoms with Crippen LogP contribution < -0.4 is 5.32 Å². The highest BCUT2D eigenvalue weighted by Gasteiger charge is 2.35. The number of amides is 1. The van der Waals surface area contributed by atoms with Crippen molar-refractivity contribution < 1.29 is 23.3 Å². The van der Waals surface area contributed by atoms with Gasteiger partial charge in [0.2, 0.25) is 5.76 Å². The summed E-state index contributed by atoms with van der Waals surface area (Å²) >= 11 is 1.44. The Morgan fingerprint density at radius 2 is 2.04 bits per heavy atom. The number of nitrogens with one attached hydrogen (secondary N) is 1. The molecule has 0 aliphatic heterocycles. The Morgan fingerprint density at radius 1 is 1.19 bits per heavy atom. The van der Waals surface area contributed by atoms with Crippen molar-refractivity contribution in [2.75, 3.05) is 6.54 Å². The van der Waals surface area contributed by atoms with Crippen LogP contribution in [0.5, 0.6) is 0 Å². The average molecular weight is 370 g/mol. The first-order valence-corrected chi connectivity index (χ1v) is 8.69. The Labute approximate surface area is 151 Å². The molecule has 0 saturated carbocycles. The van der Waals surface area contributed by atoms with E-state index < -0.39 is 11.5 Å². The number of nitrogens with zero attached hydrogens (tertiary/aromatic N) is 1. The van der Waals surface area contributed by atoms with Crippen LogP contribution in [0.4, 0.5) is 0 Å². The number of thiophene rings is 1. The van der Waals surface area contributed by atoms with Gasteiger partial charge in [-0.2, -0.15) is 11.3 Å². The van der Waals surface area contributed by atoms with Gasteiger partial charge in [-0.3, -0.25) is 4.79 Å². The zero-order valence-corrected chi connectivity index (χ0v) is 14.2. The lowest BCUT2D eigenvalue weighted by Gasteiger charge is -2.25. The molecule has 0 radical (unpaired) electrons. The molecule has 0 saturated heterocycles. The summed E-state index contributed by atoms with van der Waals surface area (Å²) in [4.78, 5) is 12.4.